The second-order valence-electron chi connectivity index (χ2n) is 5.53. The average molecular weight is 285 g/mol. The van der Waals surface area contributed by atoms with Crippen LogP contribution in [0.4, 0.5) is 0 Å². The normalized spacial score (nSPS) is 13.8. The largest absolute Gasteiger partial charge is 0.485 e. The van der Waals surface area contributed by atoms with Crippen molar-refractivity contribution in [3.8, 4) is 5.75 Å². The van der Waals surface area contributed by atoms with Crippen molar-refractivity contribution in [1.82, 2.24) is 14.8 Å². The fourth-order valence-corrected chi connectivity index (χ4v) is 2.89. The van der Waals surface area contributed by atoms with Crippen LogP contribution in [0.1, 0.15) is 46.0 Å². The lowest BCUT2D eigenvalue weighted by atomic mass is 10.1. The number of aryl methyl sites for hydroxylation is 3. The first-order valence-corrected chi connectivity index (χ1v) is 7.29. The van der Waals surface area contributed by atoms with Gasteiger partial charge >= 0.3 is 0 Å². The van der Waals surface area contributed by atoms with Crippen LogP contribution in [0.5, 0.6) is 5.75 Å². The minimum Gasteiger partial charge on any atom is -0.485 e. The average Bonchev–Trinajstić information content (AvgIpc) is 2.89. The van der Waals surface area contributed by atoms with E-state index in [0.29, 0.717) is 12.2 Å². The van der Waals surface area contributed by atoms with Crippen molar-refractivity contribution in [3.63, 3.8) is 0 Å². The Kier molecular flexibility index (Phi) is 3.73. The van der Waals surface area contributed by atoms with E-state index in [2.05, 4.69) is 14.8 Å². The molecule has 2 aromatic rings. The molecule has 0 spiro atoms. The monoisotopic (exact) mass is 285 g/mol. The van der Waals surface area contributed by atoms with Gasteiger partial charge in [0.15, 0.2) is 5.82 Å². The van der Waals surface area contributed by atoms with Gasteiger partial charge in [0.25, 0.3) is 0 Å². The predicted octanol–water partition coefficient (Wildman–Crippen LogP) is 2.62. The summed E-state index contributed by atoms with van der Waals surface area (Å²) in [4.78, 5) is 10.9. The number of aldehydes is 1. The van der Waals surface area contributed by atoms with Gasteiger partial charge in [-0.25, -0.2) is 0 Å². The van der Waals surface area contributed by atoms with Crippen LogP contribution in [0, 0.1) is 13.8 Å². The van der Waals surface area contributed by atoms with Crippen LogP contribution in [0.15, 0.2) is 12.1 Å². The lowest BCUT2D eigenvalue weighted by Gasteiger charge is -2.16. The number of benzene rings is 1. The predicted molar refractivity (Wildman–Crippen MR) is 78.6 cm³/mol. The third-order valence-electron chi connectivity index (χ3n) is 3.90. The van der Waals surface area contributed by atoms with Crippen LogP contribution in [0.2, 0.25) is 0 Å². The fourth-order valence-electron chi connectivity index (χ4n) is 2.89. The van der Waals surface area contributed by atoms with Gasteiger partial charge in [0, 0.05) is 18.5 Å². The number of carbonyl (C=O) groups excluding carboxylic acids is 1. The van der Waals surface area contributed by atoms with Crippen molar-refractivity contribution >= 4 is 6.29 Å². The topological polar surface area (TPSA) is 57.0 Å². The summed E-state index contributed by atoms with van der Waals surface area (Å²) in [6, 6.07) is 3.68. The van der Waals surface area contributed by atoms with Crippen molar-refractivity contribution in [2.24, 2.45) is 0 Å². The zero-order valence-corrected chi connectivity index (χ0v) is 12.4. The van der Waals surface area contributed by atoms with Gasteiger partial charge in [0.05, 0.1) is 0 Å². The minimum atomic E-state index is 0.412. The third kappa shape index (κ3) is 2.68. The lowest BCUT2D eigenvalue weighted by molar-refractivity contribution is 0.112. The van der Waals surface area contributed by atoms with Crippen LogP contribution >= 0.6 is 0 Å². The molecule has 2 heterocycles. The summed E-state index contributed by atoms with van der Waals surface area (Å²) in [6.07, 6.45) is 4.21. The smallest absolute Gasteiger partial charge is 0.171 e. The number of hydrogen-bond acceptors (Lipinski definition) is 4. The van der Waals surface area contributed by atoms with Gasteiger partial charge in [-0.15, -0.1) is 10.2 Å². The highest BCUT2D eigenvalue weighted by Gasteiger charge is 2.16. The highest BCUT2D eigenvalue weighted by Crippen LogP contribution is 2.25. The Morgan fingerprint density at radius 2 is 2.00 bits per heavy atom. The molecule has 0 N–H and O–H groups in total. The molecule has 5 nitrogen and oxygen atoms in total. The van der Waals surface area contributed by atoms with Gasteiger partial charge in [0.2, 0.25) is 0 Å². The van der Waals surface area contributed by atoms with Crippen LogP contribution < -0.4 is 4.74 Å². The van der Waals surface area contributed by atoms with Gasteiger partial charge in [-0.3, -0.25) is 4.79 Å². The minimum absolute atomic E-state index is 0.412. The maximum Gasteiger partial charge on any atom is 0.171 e. The molecule has 1 aromatic carbocycles. The maximum absolute atomic E-state index is 10.9. The lowest BCUT2D eigenvalue weighted by Crippen LogP contribution is -2.14. The van der Waals surface area contributed by atoms with E-state index >= 15 is 0 Å². The van der Waals surface area contributed by atoms with Crippen molar-refractivity contribution in [3.05, 3.63) is 40.5 Å². The molecule has 1 aliphatic rings. The summed E-state index contributed by atoms with van der Waals surface area (Å²) in [7, 11) is 0. The zero-order valence-electron chi connectivity index (χ0n) is 12.4. The van der Waals surface area contributed by atoms with Gasteiger partial charge < -0.3 is 9.30 Å². The second-order valence-corrected chi connectivity index (χ2v) is 5.53. The van der Waals surface area contributed by atoms with Crippen molar-refractivity contribution in [2.75, 3.05) is 0 Å². The van der Waals surface area contributed by atoms with Crippen LogP contribution in [-0.4, -0.2) is 21.1 Å². The van der Waals surface area contributed by atoms with Crippen molar-refractivity contribution in [1.29, 1.82) is 0 Å². The summed E-state index contributed by atoms with van der Waals surface area (Å²) in [5.41, 5.74) is 2.61. The highest BCUT2D eigenvalue weighted by molar-refractivity contribution is 5.76. The van der Waals surface area contributed by atoms with Crippen LogP contribution in [0.25, 0.3) is 0 Å². The molecule has 0 aliphatic carbocycles. The molecule has 0 fully saturated rings. The molecule has 3 rings (SSSR count). The van der Waals surface area contributed by atoms with E-state index in [-0.39, 0.29) is 0 Å². The van der Waals surface area contributed by atoms with Gasteiger partial charge in [-0.05, 0) is 49.9 Å². The quantitative estimate of drug-likeness (QED) is 0.810. The second kappa shape index (κ2) is 5.68. The number of ether oxygens (including phenoxy) is 1. The highest BCUT2D eigenvalue weighted by atomic mass is 16.5. The molecular weight excluding hydrogens is 266 g/mol. The summed E-state index contributed by atoms with van der Waals surface area (Å²) < 4.78 is 8.10. The molecule has 0 saturated carbocycles. The summed E-state index contributed by atoms with van der Waals surface area (Å²) in [5.74, 6) is 2.77. The summed E-state index contributed by atoms with van der Waals surface area (Å²) in [5, 5.41) is 8.47. The first-order valence-electron chi connectivity index (χ1n) is 7.29. The Hall–Kier alpha value is -2.17. The molecule has 0 radical (unpaired) electrons. The van der Waals surface area contributed by atoms with Gasteiger partial charge in [-0.1, -0.05) is 0 Å². The number of rotatable bonds is 4. The molecule has 0 saturated heterocycles. The molecule has 1 aliphatic heterocycles. The molecule has 0 unspecified atom stereocenters. The molecule has 110 valence electrons. The van der Waals surface area contributed by atoms with E-state index in [4.69, 9.17) is 4.74 Å². The van der Waals surface area contributed by atoms with E-state index in [1.54, 1.807) is 0 Å². The number of nitrogens with zero attached hydrogens (tertiary/aromatic N) is 3. The van der Waals surface area contributed by atoms with Crippen molar-refractivity contribution in [2.45, 2.75) is 46.3 Å². The number of carbonyl (C=O) groups is 1. The molecule has 0 atom stereocenters. The Bertz CT molecular complexity index is 653. The molecular formula is C16H19N3O2. The molecule has 0 amide bonds. The third-order valence-corrected chi connectivity index (χ3v) is 3.90. The standard InChI is InChI=1S/C16H19N3O2/c1-11-7-13(9-20)8-12(2)16(11)21-10-15-18-17-14-5-3-4-6-19(14)15/h7-9H,3-6,10H2,1-2H3. The van der Waals surface area contributed by atoms with Gasteiger partial charge in [-0.2, -0.15) is 0 Å². The van der Waals surface area contributed by atoms with E-state index < -0.39 is 0 Å². The first-order chi connectivity index (χ1) is 10.2. The van der Waals surface area contributed by atoms with Gasteiger partial charge in [0.1, 0.15) is 24.5 Å². The summed E-state index contributed by atoms with van der Waals surface area (Å²) >= 11 is 0. The Morgan fingerprint density at radius 3 is 2.71 bits per heavy atom. The number of fused-ring (bicyclic) bond motifs is 1. The Balaban J connectivity index is 1.79. The SMILES string of the molecule is Cc1cc(C=O)cc(C)c1OCc1nnc2n1CCCC2. The van der Waals surface area contributed by atoms with E-state index in [9.17, 15) is 4.79 Å². The Morgan fingerprint density at radius 1 is 1.24 bits per heavy atom. The fraction of sp³-hybridized carbons (Fsp3) is 0.438. The molecule has 0 bridgehead atoms. The van der Waals surface area contributed by atoms with E-state index in [1.165, 1.54) is 12.8 Å². The van der Waals surface area contributed by atoms with Crippen molar-refractivity contribution < 1.29 is 9.53 Å². The van der Waals surface area contributed by atoms with Crippen LogP contribution in [-0.2, 0) is 19.6 Å². The molecule has 21 heavy (non-hydrogen) atoms. The van der Waals surface area contributed by atoms with Crippen LogP contribution in [0.3, 0.4) is 0 Å². The first kappa shape index (κ1) is 13.8. The molecule has 5 heteroatoms. The number of aromatic nitrogens is 3. The van der Waals surface area contributed by atoms with E-state index in [1.807, 2.05) is 26.0 Å². The number of hydrogen-bond donors (Lipinski definition) is 0. The maximum atomic E-state index is 10.9. The molecule has 1 aromatic heterocycles. The summed E-state index contributed by atoms with van der Waals surface area (Å²) in [6.45, 7) is 5.29. The Labute approximate surface area is 124 Å². The zero-order chi connectivity index (χ0) is 14.8. The van der Waals surface area contributed by atoms with E-state index in [0.717, 1.165) is 47.8 Å².